The number of hydrazine groups is 1. The van der Waals surface area contributed by atoms with Crippen LogP contribution >= 0.6 is 0 Å². The van der Waals surface area contributed by atoms with Gasteiger partial charge in [0, 0.05) is 5.56 Å². The Morgan fingerprint density at radius 2 is 1.93 bits per heavy atom. The van der Waals surface area contributed by atoms with Gasteiger partial charge in [0.25, 0.3) is 5.91 Å². The molecule has 28 heavy (non-hydrogen) atoms. The van der Waals surface area contributed by atoms with E-state index in [1.807, 2.05) is 74.5 Å². The van der Waals surface area contributed by atoms with E-state index in [9.17, 15) is 4.79 Å². The summed E-state index contributed by atoms with van der Waals surface area (Å²) in [7, 11) is 0. The van der Waals surface area contributed by atoms with Crippen molar-refractivity contribution in [3.63, 3.8) is 0 Å². The minimum absolute atomic E-state index is 0.00203. The van der Waals surface area contributed by atoms with Crippen LogP contribution in [0.3, 0.4) is 0 Å². The second-order valence-electron chi connectivity index (χ2n) is 6.63. The average molecular weight is 378 g/mol. The van der Waals surface area contributed by atoms with Gasteiger partial charge >= 0.3 is 0 Å². The van der Waals surface area contributed by atoms with Crippen LogP contribution in [0.1, 0.15) is 37.4 Å². The largest absolute Gasteiger partial charge is 0.494 e. The van der Waals surface area contributed by atoms with E-state index in [4.69, 9.17) is 4.74 Å². The third-order valence-corrected chi connectivity index (χ3v) is 4.45. The van der Waals surface area contributed by atoms with Crippen LogP contribution in [-0.2, 0) is 4.79 Å². The van der Waals surface area contributed by atoms with E-state index >= 15 is 0 Å². The van der Waals surface area contributed by atoms with Crippen molar-refractivity contribution in [1.82, 2.24) is 16.3 Å². The molecule has 0 radical (unpaired) electrons. The summed E-state index contributed by atoms with van der Waals surface area (Å²) in [5.41, 5.74) is 11.9. The fraction of sp³-hybridized carbons (Fsp3) is 0.273. The molecule has 0 aliphatic carbocycles. The number of benzene rings is 2. The second kappa shape index (κ2) is 9.82. The lowest BCUT2D eigenvalue weighted by Crippen LogP contribution is -2.41. The van der Waals surface area contributed by atoms with Gasteiger partial charge < -0.3 is 4.74 Å². The summed E-state index contributed by atoms with van der Waals surface area (Å²) >= 11 is 0. The molecule has 0 bridgehead atoms. The molecule has 1 fully saturated rings. The fourth-order valence-electron chi connectivity index (χ4n) is 3.11. The molecule has 3 rings (SSSR count). The first-order chi connectivity index (χ1) is 13.7. The summed E-state index contributed by atoms with van der Waals surface area (Å²) in [6.07, 6.45) is 4.27. The molecule has 0 spiro atoms. The number of amides is 1. The summed E-state index contributed by atoms with van der Waals surface area (Å²) in [6.45, 7) is 4.50. The van der Waals surface area contributed by atoms with Crippen LogP contribution in [-0.4, -0.2) is 24.8 Å². The quantitative estimate of drug-likeness (QED) is 0.511. The van der Waals surface area contributed by atoms with Gasteiger partial charge in [0.2, 0.25) is 0 Å². The summed E-state index contributed by atoms with van der Waals surface area (Å²) < 4.78 is 5.69. The first kappa shape index (κ1) is 19.8. The lowest BCUT2D eigenvalue weighted by Gasteiger charge is -2.15. The lowest BCUT2D eigenvalue weighted by molar-refractivity contribution is -0.122. The molecule has 3 N–H and O–H groups in total. The number of allylic oxidation sites excluding steroid dienone is 1. The van der Waals surface area contributed by atoms with Crippen molar-refractivity contribution < 1.29 is 9.53 Å². The number of nitrogens with one attached hydrogen (secondary N) is 3. The highest BCUT2D eigenvalue weighted by Gasteiger charge is 2.31. The van der Waals surface area contributed by atoms with E-state index in [1.165, 1.54) is 0 Å². The number of para-hydroxylation sites is 1. The molecule has 6 nitrogen and oxygen atoms in total. The number of rotatable bonds is 7. The van der Waals surface area contributed by atoms with E-state index in [0.29, 0.717) is 13.0 Å². The van der Waals surface area contributed by atoms with E-state index in [-0.39, 0.29) is 18.0 Å². The maximum atomic E-state index is 12.4. The first-order valence-electron chi connectivity index (χ1n) is 9.46. The standard InChI is InChI=1S/C22H26N4O2/c1-3-28-21-12-8-7-11-18(21)19-14-20(25-24-19)22(27)26-23-15-16(2)13-17-9-5-4-6-10-17/h4-13,15,19-20,24-25H,3,14H2,1-2H3,(H,26,27)/b16-13+,23-15+. The molecule has 146 valence electrons. The van der Waals surface area contributed by atoms with Crippen molar-refractivity contribution in [2.75, 3.05) is 6.61 Å². The Kier molecular flexibility index (Phi) is 6.94. The normalized spacial score (nSPS) is 19.7. The molecule has 1 saturated heterocycles. The van der Waals surface area contributed by atoms with Crippen molar-refractivity contribution in [3.8, 4) is 5.75 Å². The summed E-state index contributed by atoms with van der Waals surface area (Å²) in [5.74, 6) is 0.665. The van der Waals surface area contributed by atoms with Crippen LogP contribution < -0.4 is 21.0 Å². The topological polar surface area (TPSA) is 74.8 Å². The molecule has 2 aromatic carbocycles. The Labute approximate surface area is 165 Å². The zero-order valence-corrected chi connectivity index (χ0v) is 16.2. The van der Waals surface area contributed by atoms with Gasteiger partial charge in [-0.3, -0.25) is 4.79 Å². The summed E-state index contributed by atoms with van der Waals surface area (Å²) in [6, 6.07) is 17.5. The number of hydrogen-bond donors (Lipinski definition) is 3. The Morgan fingerprint density at radius 3 is 2.71 bits per heavy atom. The Bertz CT molecular complexity index is 849. The first-order valence-corrected chi connectivity index (χ1v) is 9.46. The molecule has 6 heteroatoms. The van der Waals surface area contributed by atoms with Gasteiger partial charge in [-0.05, 0) is 37.5 Å². The summed E-state index contributed by atoms with van der Waals surface area (Å²) in [4.78, 5) is 12.4. The number of carbonyl (C=O) groups is 1. The highest BCUT2D eigenvalue weighted by Crippen LogP contribution is 2.30. The zero-order chi connectivity index (χ0) is 19.8. The molecule has 1 heterocycles. The lowest BCUT2D eigenvalue weighted by atomic mass is 10.0. The van der Waals surface area contributed by atoms with Crippen LogP contribution in [0.15, 0.2) is 65.3 Å². The molecular weight excluding hydrogens is 352 g/mol. The minimum atomic E-state index is -0.366. The molecular formula is C22H26N4O2. The van der Waals surface area contributed by atoms with Crippen LogP contribution in [0.5, 0.6) is 5.75 Å². The Balaban J connectivity index is 1.54. The molecule has 0 saturated carbocycles. The van der Waals surface area contributed by atoms with Crippen LogP contribution in [0.4, 0.5) is 0 Å². The maximum absolute atomic E-state index is 12.4. The number of hydrogen-bond acceptors (Lipinski definition) is 5. The molecule has 0 aromatic heterocycles. The molecule has 1 aliphatic rings. The van der Waals surface area contributed by atoms with Crippen molar-refractivity contribution in [2.24, 2.45) is 5.10 Å². The van der Waals surface area contributed by atoms with Crippen molar-refractivity contribution >= 4 is 18.2 Å². The number of hydrazone groups is 1. The van der Waals surface area contributed by atoms with E-state index < -0.39 is 0 Å². The van der Waals surface area contributed by atoms with Gasteiger partial charge in [-0.25, -0.2) is 16.3 Å². The Hall–Kier alpha value is -2.96. The SMILES string of the molecule is CCOc1ccccc1C1CC(C(=O)N/N=C/C(C)=C/c2ccccc2)NN1. The van der Waals surface area contributed by atoms with Crippen LogP contribution in [0.2, 0.25) is 0 Å². The second-order valence-corrected chi connectivity index (χ2v) is 6.63. The number of nitrogens with zero attached hydrogens (tertiary/aromatic N) is 1. The van der Waals surface area contributed by atoms with Gasteiger partial charge in [-0.2, -0.15) is 5.10 Å². The summed E-state index contributed by atoms with van der Waals surface area (Å²) in [5, 5.41) is 4.07. The van der Waals surface area contributed by atoms with Crippen molar-refractivity contribution in [1.29, 1.82) is 0 Å². The van der Waals surface area contributed by atoms with Crippen molar-refractivity contribution in [3.05, 3.63) is 71.3 Å². The highest BCUT2D eigenvalue weighted by molar-refractivity contribution is 5.87. The Morgan fingerprint density at radius 1 is 1.18 bits per heavy atom. The number of ether oxygens (including phenoxy) is 1. The van der Waals surface area contributed by atoms with E-state index in [0.717, 1.165) is 22.4 Å². The molecule has 2 aromatic rings. The zero-order valence-electron chi connectivity index (χ0n) is 16.2. The third-order valence-electron chi connectivity index (χ3n) is 4.45. The van der Waals surface area contributed by atoms with Crippen LogP contribution in [0, 0.1) is 0 Å². The molecule has 1 aliphatic heterocycles. The smallest absolute Gasteiger partial charge is 0.258 e. The third kappa shape index (κ3) is 5.28. The van der Waals surface area contributed by atoms with E-state index in [2.05, 4.69) is 21.4 Å². The predicted molar refractivity (Wildman–Crippen MR) is 112 cm³/mol. The average Bonchev–Trinajstić information content (AvgIpc) is 3.19. The predicted octanol–water partition coefficient (Wildman–Crippen LogP) is 3.20. The van der Waals surface area contributed by atoms with Gasteiger partial charge in [0.05, 0.1) is 18.9 Å². The molecule has 2 unspecified atom stereocenters. The van der Waals surface area contributed by atoms with Crippen molar-refractivity contribution in [2.45, 2.75) is 32.4 Å². The minimum Gasteiger partial charge on any atom is -0.494 e. The van der Waals surface area contributed by atoms with Gasteiger partial charge in [0.15, 0.2) is 0 Å². The van der Waals surface area contributed by atoms with Gasteiger partial charge in [-0.1, -0.05) is 54.6 Å². The molecule has 2 atom stereocenters. The van der Waals surface area contributed by atoms with E-state index in [1.54, 1.807) is 6.21 Å². The maximum Gasteiger partial charge on any atom is 0.258 e. The van der Waals surface area contributed by atoms with Gasteiger partial charge in [0.1, 0.15) is 11.8 Å². The van der Waals surface area contributed by atoms with Crippen LogP contribution in [0.25, 0.3) is 6.08 Å². The molecule has 1 amide bonds. The van der Waals surface area contributed by atoms with Gasteiger partial charge in [-0.15, -0.1) is 0 Å². The monoisotopic (exact) mass is 378 g/mol. The highest BCUT2D eigenvalue weighted by atomic mass is 16.5. The fourth-order valence-corrected chi connectivity index (χ4v) is 3.11. The number of carbonyl (C=O) groups excluding carboxylic acids is 1.